The molecule has 0 aliphatic rings. The van der Waals surface area contributed by atoms with Crippen molar-refractivity contribution < 1.29 is 4.39 Å². The van der Waals surface area contributed by atoms with Gasteiger partial charge in [0, 0.05) is 11.3 Å². The summed E-state index contributed by atoms with van der Waals surface area (Å²) in [6.45, 7) is 1.92. The predicted molar refractivity (Wildman–Crippen MR) is 77.9 cm³/mol. The molecule has 0 fully saturated rings. The predicted octanol–water partition coefficient (Wildman–Crippen LogP) is 2.67. The number of hydrogen-bond donors (Lipinski definition) is 1. The van der Waals surface area contributed by atoms with Gasteiger partial charge in [0.2, 0.25) is 0 Å². The number of aromatic nitrogens is 4. The molecule has 0 spiro atoms. The van der Waals surface area contributed by atoms with E-state index in [9.17, 15) is 4.39 Å². The molecule has 0 radical (unpaired) electrons. The monoisotopic (exact) mass is 283 g/mol. The van der Waals surface area contributed by atoms with Gasteiger partial charge in [0.05, 0.1) is 6.04 Å². The number of nitrogen functional groups attached to an aromatic ring is 1. The second-order valence-electron chi connectivity index (χ2n) is 4.80. The molecule has 0 aliphatic carbocycles. The van der Waals surface area contributed by atoms with E-state index in [1.165, 1.54) is 12.1 Å². The SMILES string of the molecule is CC(c1cccc(F)c1)n1nnnc1-c1cccc(N)c1. The van der Waals surface area contributed by atoms with E-state index in [1.54, 1.807) is 22.9 Å². The van der Waals surface area contributed by atoms with Gasteiger partial charge >= 0.3 is 0 Å². The lowest BCUT2D eigenvalue weighted by Gasteiger charge is -2.14. The van der Waals surface area contributed by atoms with Crippen molar-refractivity contribution in [2.24, 2.45) is 0 Å². The van der Waals surface area contributed by atoms with Crippen molar-refractivity contribution in [2.75, 3.05) is 5.73 Å². The van der Waals surface area contributed by atoms with Crippen molar-refractivity contribution in [3.05, 3.63) is 59.9 Å². The number of tetrazole rings is 1. The largest absolute Gasteiger partial charge is 0.399 e. The van der Waals surface area contributed by atoms with Crippen LogP contribution < -0.4 is 5.73 Å². The molecule has 3 aromatic rings. The Kier molecular flexibility index (Phi) is 3.35. The summed E-state index contributed by atoms with van der Waals surface area (Å²) in [5.74, 6) is 0.317. The Bertz CT molecular complexity index is 768. The highest BCUT2D eigenvalue weighted by Gasteiger charge is 2.16. The van der Waals surface area contributed by atoms with E-state index in [-0.39, 0.29) is 11.9 Å². The molecule has 1 aromatic heterocycles. The van der Waals surface area contributed by atoms with Crippen LogP contribution in [0.5, 0.6) is 0 Å². The van der Waals surface area contributed by atoms with Gasteiger partial charge in [-0.3, -0.25) is 0 Å². The van der Waals surface area contributed by atoms with Gasteiger partial charge in [0.25, 0.3) is 0 Å². The second-order valence-corrected chi connectivity index (χ2v) is 4.80. The molecule has 2 aromatic carbocycles. The molecule has 106 valence electrons. The molecule has 1 heterocycles. The maximum Gasteiger partial charge on any atom is 0.182 e. The minimum atomic E-state index is -0.280. The number of anilines is 1. The highest BCUT2D eigenvalue weighted by atomic mass is 19.1. The highest BCUT2D eigenvalue weighted by molar-refractivity contribution is 5.60. The van der Waals surface area contributed by atoms with Gasteiger partial charge in [-0.2, -0.15) is 0 Å². The molecule has 1 atom stereocenters. The molecule has 1 unspecified atom stereocenters. The van der Waals surface area contributed by atoms with Crippen molar-refractivity contribution in [2.45, 2.75) is 13.0 Å². The van der Waals surface area contributed by atoms with Crippen molar-refractivity contribution in [1.29, 1.82) is 0 Å². The summed E-state index contributed by atoms with van der Waals surface area (Å²) >= 11 is 0. The number of rotatable bonds is 3. The smallest absolute Gasteiger partial charge is 0.182 e. The minimum Gasteiger partial charge on any atom is -0.399 e. The van der Waals surface area contributed by atoms with Crippen LogP contribution in [0.1, 0.15) is 18.5 Å². The van der Waals surface area contributed by atoms with Crippen LogP contribution in [0.2, 0.25) is 0 Å². The molecule has 0 bridgehead atoms. The van der Waals surface area contributed by atoms with Gasteiger partial charge in [-0.1, -0.05) is 24.3 Å². The lowest BCUT2D eigenvalue weighted by atomic mass is 10.1. The first kappa shape index (κ1) is 13.2. The average molecular weight is 283 g/mol. The van der Waals surface area contributed by atoms with Crippen molar-refractivity contribution in [1.82, 2.24) is 20.2 Å². The van der Waals surface area contributed by atoms with Crippen LogP contribution in [-0.4, -0.2) is 20.2 Å². The zero-order chi connectivity index (χ0) is 14.8. The van der Waals surface area contributed by atoms with E-state index < -0.39 is 0 Å². The van der Waals surface area contributed by atoms with Gasteiger partial charge in [0.15, 0.2) is 5.82 Å². The van der Waals surface area contributed by atoms with Gasteiger partial charge in [-0.15, -0.1) is 5.10 Å². The van der Waals surface area contributed by atoms with Crippen LogP contribution in [0.15, 0.2) is 48.5 Å². The fourth-order valence-corrected chi connectivity index (χ4v) is 2.23. The lowest BCUT2D eigenvalue weighted by Crippen LogP contribution is -2.10. The molecule has 2 N–H and O–H groups in total. The fourth-order valence-electron chi connectivity index (χ4n) is 2.23. The quantitative estimate of drug-likeness (QED) is 0.750. The Morgan fingerprint density at radius 1 is 1.14 bits per heavy atom. The summed E-state index contributed by atoms with van der Waals surface area (Å²) in [4.78, 5) is 0. The van der Waals surface area contributed by atoms with Crippen LogP contribution >= 0.6 is 0 Å². The average Bonchev–Trinajstić information content (AvgIpc) is 2.96. The third kappa shape index (κ3) is 2.60. The third-order valence-electron chi connectivity index (χ3n) is 3.34. The fraction of sp³-hybridized carbons (Fsp3) is 0.133. The van der Waals surface area contributed by atoms with E-state index in [0.717, 1.165) is 11.1 Å². The first-order valence-corrected chi connectivity index (χ1v) is 6.54. The van der Waals surface area contributed by atoms with Gasteiger partial charge < -0.3 is 5.73 Å². The highest BCUT2D eigenvalue weighted by Crippen LogP contribution is 2.24. The Labute approximate surface area is 121 Å². The zero-order valence-electron chi connectivity index (χ0n) is 11.4. The molecule has 21 heavy (non-hydrogen) atoms. The molecule has 0 saturated carbocycles. The molecular formula is C15H14FN5. The Hall–Kier alpha value is -2.76. The first-order chi connectivity index (χ1) is 10.1. The third-order valence-corrected chi connectivity index (χ3v) is 3.34. The van der Waals surface area contributed by atoms with Crippen LogP contribution in [-0.2, 0) is 0 Å². The maximum atomic E-state index is 13.4. The number of benzene rings is 2. The molecule has 0 aliphatic heterocycles. The summed E-state index contributed by atoms with van der Waals surface area (Å²) in [5, 5.41) is 11.8. The Balaban J connectivity index is 2.03. The van der Waals surface area contributed by atoms with Gasteiger partial charge in [-0.05, 0) is 47.2 Å². The Morgan fingerprint density at radius 3 is 2.71 bits per heavy atom. The van der Waals surface area contributed by atoms with Crippen LogP contribution in [0.4, 0.5) is 10.1 Å². The topological polar surface area (TPSA) is 69.6 Å². The van der Waals surface area contributed by atoms with Gasteiger partial charge in [-0.25, -0.2) is 9.07 Å². The first-order valence-electron chi connectivity index (χ1n) is 6.54. The summed E-state index contributed by atoms with van der Waals surface area (Å²) in [6.07, 6.45) is 0. The van der Waals surface area contributed by atoms with Crippen LogP contribution in [0.3, 0.4) is 0 Å². The lowest BCUT2D eigenvalue weighted by molar-refractivity contribution is 0.542. The van der Waals surface area contributed by atoms with E-state index in [4.69, 9.17) is 5.73 Å². The number of nitrogens with two attached hydrogens (primary N) is 1. The van der Waals surface area contributed by atoms with Crippen molar-refractivity contribution in [3.63, 3.8) is 0 Å². The summed E-state index contributed by atoms with van der Waals surface area (Å²) in [6, 6.07) is 13.6. The summed E-state index contributed by atoms with van der Waals surface area (Å²) in [5.41, 5.74) is 8.05. The van der Waals surface area contributed by atoms with E-state index in [2.05, 4.69) is 15.5 Å². The van der Waals surface area contributed by atoms with E-state index in [1.807, 2.05) is 25.1 Å². The number of halogens is 1. The zero-order valence-corrected chi connectivity index (χ0v) is 11.4. The molecule has 3 rings (SSSR count). The molecule has 0 amide bonds. The molecule has 0 saturated heterocycles. The number of nitrogens with zero attached hydrogens (tertiary/aromatic N) is 4. The van der Waals surface area contributed by atoms with Crippen molar-refractivity contribution in [3.8, 4) is 11.4 Å². The minimum absolute atomic E-state index is 0.188. The van der Waals surface area contributed by atoms with Gasteiger partial charge in [0.1, 0.15) is 5.82 Å². The van der Waals surface area contributed by atoms with Crippen molar-refractivity contribution >= 4 is 5.69 Å². The second kappa shape index (κ2) is 5.32. The maximum absolute atomic E-state index is 13.4. The summed E-state index contributed by atoms with van der Waals surface area (Å²) in [7, 11) is 0. The van der Waals surface area contributed by atoms with Crippen LogP contribution in [0, 0.1) is 5.82 Å². The Morgan fingerprint density at radius 2 is 1.95 bits per heavy atom. The number of hydrogen-bond acceptors (Lipinski definition) is 4. The molecule has 5 nitrogen and oxygen atoms in total. The standard InChI is InChI=1S/C15H14FN5/c1-10(11-4-2-6-13(16)8-11)21-15(18-19-20-21)12-5-3-7-14(17)9-12/h2-10H,17H2,1H3. The van der Waals surface area contributed by atoms with E-state index >= 15 is 0 Å². The normalized spacial score (nSPS) is 12.3. The van der Waals surface area contributed by atoms with Crippen LogP contribution in [0.25, 0.3) is 11.4 Å². The molecule has 6 heteroatoms. The molecular weight excluding hydrogens is 269 g/mol. The van der Waals surface area contributed by atoms with E-state index in [0.29, 0.717) is 11.5 Å². The summed E-state index contributed by atoms with van der Waals surface area (Å²) < 4.78 is 15.0.